The molecule has 0 N–H and O–H groups in total. The van der Waals surface area contributed by atoms with Crippen LogP contribution in [0.15, 0.2) is 45.6 Å². The number of anilines is 1. The summed E-state index contributed by atoms with van der Waals surface area (Å²) in [6.45, 7) is 6.89. The largest absolute Gasteiger partial charge is 0.440 e. The van der Waals surface area contributed by atoms with Crippen LogP contribution in [0.25, 0.3) is 21.7 Å². The van der Waals surface area contributed by atoms with Gasteiger partial charge in [-0.25, -0.2) is 0 Å². The summed E-state index contributed by atoms with van der Waals surface area (Å²) in [7, 11) is 0. The van der Waals surface area contributed by atoms with Gasteiger partial charge in [-0.1, -0.05) is 12.1 Å². The second kappa shape index (κ2) is 6.35. The molecular weight excluding hydrogens is 306 g/mol. The van der Waals surface area contributed by atoms with Gasteiger partial charge in [0.15, 0.2) is 11.3 Å². The van der Waals surface area contributed by atoms with Crippen molar-refractivity contribution in [3.8, 4) is 5.75 Å². The summed E-state index contributed by atoms with van der Waals surface area (Å²) in [6.07, 6.45) is 0. The third-order valence-electron chi connectivity index (χ3n) is 4.01. The highest BCUT2D eigenvalue weighted by Gasteiger charge is 2.13. The van der Waals surface area contributed by atoms with Crippen LogP contribution in [0.2, 0.25) is 0 Å². The van der Waals surface area contributed by atoms with Crippen LogP contribution in [0.3, 0.4) is 0 Å². The van der Waals surface area contributed by atoms with Crippen LogP contribution in [0, 0.1) is 0 Å². The van der Waals surface area contributed by atoms with Crippen molar-refractivity contribution < 1.29 is 13.9 Å². The van der Waals surface area contributed by atoms with Gasteiger partial charge in [-0.15, -0.1) is 0 Å². The highest BCUT2D eigenvalue weighted by Crippen LogP contribution is 2.29. The number of hydrogen-bond donors (Lipinski definition) is 0. The van der Waals surface area contributed by atoms with Crippen molar-refractivity contribution in [1.82, 2.24) is 0 Å². The summed E-state index contributed by atoms with van der Waals surface area (Å²) in [5.41, 5.74) is 0.417. The number of esters is 1. The minimum atomic E-state index is -0.398. The van der Waals surface area contributed by atoms with Crippen LogP contribution in [0.1, 0.15) is 20.8 Å². The first-order valence-corrected chi connectivity index (χ1v) is 7.97. The standard InChI is InChI=1S/C19H19NO4/c1-4-20(5-2)18-11-16(22)19-15-10-14(23-12(3)21)8-6-13(15)7-9-17(19)24-18/h6-11H,4-5H2,1-3H3. The smallest absolute Gasteiger partial charge is 0.308 e. The van der Waals surface area contributed by atoms with Crippen molar-refractivity contribution in [3.05, 3.63) is 46.6 Å². The third kappa shape index (κ3) is 2.85. The zero-order valence-electron chi connectivity index (χ0n) is 14.0. The number of hydrogen-bond acceptors (Lipinski definition) is 5. The average Bonchev–Trinajstić information content (AvgIpc) is 2.54. The molecule has 0 aliphatic carbocycles. The van der Waals surface area contributed by atoms with Crippen molar-refractivity contribution in [2.24, 2.45) is 0 Å². The quantitative estimate of drug-likeness (QED) is 0.416. The van der Waals surface area contributed by atoms with Crippen LogP contribution in [-0.4, -0.2) is 19.1 Å². The minimum Gasteiger partial charge on any atom is -0.440 e. The molecule has 0 saturated carbocycles. The molecule has 5 nitrogen and oxygen atoms in total. The van der Waals surface area contributed by atoms with Crippen LogP contribution in [0.5, 0.6) is 5.75 Å². The van der Waals surface area contributed by atoms with E-state index < -0.39 is 5.97 Å². The van der Waals surface area contributed by atoms with Crippen LogP contribution >= 0.6 is 0 Å². The molecule has 0 amide bonds. The number of rotatable bonds is 4. The Kier molecular flexibility index (Phi) is 4.25. The first-order chi connectivity index (χ1) is 11.5. The van der Waals surface area contributed by atoms with Crippen molar-refractivity contribution in [2.75, 3.05) is 18.0 Å². The van der Waals surface area contributed by atoms with E-state index in [0.717, 1.165) is 18.5 Å². The predicted molar refractivity (Wildman–Crippen MR) is 94.9 cm³/mol. The zero-order chi connectivity index (χ0) is 17.3. The van der Waals surface area contributed by atoms with Gasteiger partial charge in [0.2, 0.25) is 0 Å². The van der Waals surface area contributed by atoms with E-state index in [-0.39, 0.29) is 5.43 Å². The van der Waals surface area contributed by atoms with Gasteiger partial charge >= 0.3 is 5.97 Å². The molecule has 124 valence electrons. The Labute approximate surface area is 139 Å². The number of ether oxygens (including phenoxy) is 1. The highest BCUT2D eigenvalue weighted by atomic mass is 16.5. The number of carbonyl (C=O) groups excluding carboxylic acids is 1. The Morgan fingerprint density at radius 3 is 2.50 bits per heavy atom. The van der Waals surface area contributed by atoms with E-state index in [0.29, 0.717) is 28.0 Å². The summed E-state index contributed by atoms with van der Waals surface area (Å²) in [5.74, 6) is 0.577. The molecule has 0 saturated heterocycles. The SMILES string of the molecule is CCN(CC)c1cc(=O)c2c(ccc3ccc(OC(C)=O)cc32)o1. The Bertz CT molecular complexity index is 970. The molecule has 2 aromatic carbocycles. The van der Waals surface area contributed by atoms with E-state index in [1.54, 1.807) is 18.2 Å². The van der Waals surface area contributed by atoms with Gasteiger partial charge in [0.25, 0.3) is 0 Å². The summed E-state index contributed by atoms with van der Waals surface area (Å²) in [4.78, 5) is 25.8. The normalized spacial score (nSPS) is 11.0. The summed E-state index contributed by atoms with van der Waals surface area (Å²) in [6, 6.07) is 10.5. The second-order valence-electron chi connectivity index (χ2n) is 5.54. The molecule has 0 radical (unpaired) electrons. The number of nitrogens with zero attached hydrogens (tertiary/aromatic N) is 1. The van der Waals surface area contributed by atoms with Gasteiger partial charge in [-0.2, -0.15) is 0 Å². The lowest BCUT2D eigenvalue weighted by Gasteiger charge is -2.19. The molecule has 0 atom stereocenters. The van der Waals surface area contributed by atoms with Crippen LogP contribution in [-0.2, 0) is 4.79 Å². The molecule has 0 spiro atoms. The fraction of sp³-hybridized carbons (Fsp3) is 0.263. The predicted octanol–water partition coefficient (Wildman–Crippen LogP) is 3.72. The van der Waals surface area contributed by atoms with E-state index >= 15 is 0 Å². The number of benzene rings is 2. The van der Waals surface area contributed by atoms with E-state index in [9.17, 15) is 9.59 Å². The number of fused-ring (bicyclic) bond motifs is 3. The molecule has 1 aromatic heterocycles. The molecule has 0 bridgehead atoms. The second-order valence-corrected chi connectivity index (χ2v) is 5.54. The molecule has 3 rings (SSSR count). The van der Waals surface area contributed by atoms with Crippen molar-refractivity contribution >= 4 is 33.6 Å². The molecule has 1 heterocycles. The first kappa shape index (κ1) is 16.1. The van der Waals surface area contributed by atoms with Crippen molar-refractivity contribution in [2.45, 2.75) is 20.8 Å². The van der Waals surface area contributed by atoms with Gasteiger partial charge in [-0.3, -0.25) is 9.59 Å². The Balaban J connectivity index is 2.26. The molecule has 0 aliphatic heterocycles. The van der Waals surface area contributed by atoms with Crippen molar-refractivity contribution in [3.63, 3.8) is 0 Å². The summed E-state index contributed by atoms with van der Waals surface area (Å²) < 4.78 is 11.1. The summed E-state index contributed by atoms with van der Waals surface area (Å²) in [5, 5.41) is 2.10. The third-order valence-corrected chi connectivity index (χ3v) is 4.01. The first-order valence-electron chi connectivity index (χ1n) is 7.97. The van der Waals surface area contributed by atoms with Gasteiger partial charge < -0.3 is 14.1 Å². The molecular formula is C19H19NO4. The Morgan fingerprint density at radius 1 is 1.12 bits per heavy atom. The number of carbonyl (C=O) groups is 1. The average molecular weight is 325 g/mol. The molecule has 3 aromatic rings. The van der Waals surface area contributed by atoms with E-state index in [1.165, 1.54) is 13.0 Å². The Hall–Kier alpha value is -2.82. The maximum absolute atomic E-state index is 12.7. The topological polar surface area (TPSA) is 59.8 Å². The summed E-state index contributed by atoms with van der Waals surface area (Å²) >= 11 is 0. The van der Waals surface area contributed by atoms with E-state index in [4.69, 9.17) is 9.15 Å². The lowest BCUT2D eigenvalue weighted by molar-refractivity contribution is -0.131. The highest BCUT2D eigenvalue weighted by molar-refractivity contribution is 6.06. The zero-order valence-corrected chi connectivity index (χ0v) is 14.0. The fourth-order valence-electron chi connectivity index (χ4n) is 2.86. The minimum absolute atomic E-state index is 0.108. The van der Waals surface area contributed by atoms with Crippen molar-refractivity contribution in [1.29, 1.82) is 0 Å². The Morgan fingerprint density at radius 2 is 1.83 bits per heavy atom. The maximum atomic E-state index is 12.7. The van der Waals surface area contributed by atoms with Crippen LogP contribution in [0.4, 0.5) is 5.88 Å². The molecule has 0 aliphatic rings. The van der Waals surface area contributed by atoms with Gasteiger partial charge in [0.1, 0.15) is 11.3 Å². The van der Waals surface area contributed by atoms with Gasteiger partial charge in [0, 0.05) is 31.5 Å². The van der Waals surface area contributed by atoms with Gasteiger partial charge in [0.05, 0.1) is 5.39 Å². The molecule has 5 heteroatoms. The van der Waals surface area contributed by atoms with Crippen LogP contribution < -0.4 is 15.1 Å². The lowest BCUT2D eigenvalue weighted by Crippen LogP contribution is -2.23. The monoisotopic (exact) mass is 325 g/mol. The lowest BCUT2D eigenvalue weighted by atomic mass is 10.1. The van der Waals surface area contributed by atoms with E-state index in [2.05, 4.69) is 0 Å². The maximum Gasteiger partial charge on any atom is 0.308 e. The molecule has 0 fully saturated rings. The fourth-order valence-corrected chi connectivity index (χ4v) is 2.86. The van der Waals surface area contributed by atoms with Gasteiger partial charge in [-0.05, 0) is 37.4 Å². The molecule has 0 unspecified atom stereocenters. The van der Waals surface area contributed by atoms with E-state index in [1.807, 2.05) is 30.9 Å². The molecule has 24 heavy (non-hydrogen) atoms.